The largest absolute Gasteiger partial charge is 0.0654 e. The highest BCUT2D eigenvalue weighted by Crippen LogP contribution is 2.20. The van der Waals surface area contributed by atoms with Crippen LogP contribution in [-0.2, 0) is 6.42 Å². The van der Waals surface area contributed by atoms with Crippen molar-refractivity contribution in [3.8, 4) is 23.7 Å². The molecule has 0 nitrogen and oxygen atoms in total. The second kappa shape index (κ2) is 12.7. The number of unbranched alkanes of at least 4 members (excludes halogenated alkanes) is 5. The van der Waals surface area contributed by atoms with Gasteiger partial charge in [-0.3, -0.25) is 0 Å². The van der Waals surface area contributed by atoms with Crippen LogP contribution in [0.3, 0.4) is 0 Å². The van der Waals surface area contributed by atoms with Crippen LogP contribution in [-0.4, -0.2) is 0 Å². The van der Waals surface area contributed by atoms with Crippen LogP contribution in [0.15, 0.2) is 60.7 Å². The van der Waals surface area contributed by atoms with Crippen LogP contribution >= 0.6 is 0 Å². The zero-order valence-corrected chi connectivity index (χ0v) is 20.7. The summed E-state index contributed by atoms with van der Waals surface area (Å²) in [5.74, 6) is 13.6. The molecule has 0 saturated carbocycles. The fraction of sp³-hybridized carbons (Fsp3) is 0.333. The molecule has 33 heavy (non-hydrogen) atoms. The van der Waals surface area contributed by atoms with Gasteiger partial charge in [-0.2, -0.15) is 0 Å². The van der Waals surface area contributed by atoms with Crippen molar-refractivity contribution in [3.05, 3.63) is 105 Å². The van der Waals surface area contributed by atoms with E-state index in [-0.39, 0.29) is 0 Å². The molecule has 3 rings (SSSR count). The lowest BCUT2D eigenvalue weighted by Gasteiger charge is -2.10. The van der Waals surface area contributed by atoms with Crippen molar-refractivity contribution < 1.29 is 0 Å². The van der Waals surface area contributed by atoms with E-state index in [1.807, 2.05) is 0 Å². The van der Waals surface area contributed by atoms with Gasteiger partial charge in [-0.1, -0.05) is 98.1 Å². The average Bonchev–Trinajstić information content (AvgIpc) is 2.81. The molecular weight excluding hydrogens is 396 g/mol. The summed E-state index contributed by atoms with van der Waals surface area (Å²) in [4.78, 5) is 0. The van der Waals surface area contributed by atoms with Crippen molar-refractivity contribution in [3.63, 3.8) is 0 Å². The molecule has 0 spiro atoms. The quantitative estimate of drug-likeness (QED) is 0.260. The Kier molecular flexibility index (Phi) is 9.42. The molecule has 3 aromatic carbocycles. The Morgan fingerprint density at radius 3 is 1.67 bits per heavy atom. The SMILES string of the molecule is CCCCCCCCc1cc(C#Cc2ccc(C)cc2)cc(C)c1C#Cc1ccc(C)cc1. The van der Waals surface area contributed by atoms with Crippen LogP contribution in [0.4, 0.5) is 0 Å². The highest BCUT2D eigenvalue weighted by atomic mass is 14.1. The van der Waals surface area contributed by atoms with Gasteiger partial charge in [-0.15, -0.1) is 0 Å². The summed E-state index contributed by atoms with van der Waals surface area (Å²) in [6.45, 7) is 8.65. The topological polar surface area (TPSA) is 0 Å². The van der Waals surface area contributed by atoms with Crippen molar-refractivity contribution in [2.45, 2.75) is 72.6 Å². The van der Waals surface area contributed by atoms with E-state index in [9.17, 15) is 0 Å². The molecule has 0 aromatic heterocycles. The lowest BCUT2D eigenvalue weighted by Crippen LogP contribution is -1.97. The van der Waals surface area contributed by atoms with Crippen molar-refractivity contribution in [2.24, 2.45) is 0 Å². The van der Waals surface area contributed by atoms with E-state index in [0.29, 0.717) is 0 Å². The standard InChI is InChI=1S/C33H36/c1-5-6-7-8-9-10-11-32-25-31(21-20-29-16-12-26(2)13-17-29)24-28(4)33(32)23-22-30-18-14-27(3)15-19-30/h12-19,24-25H,5-11H2,1-4H3. The van der Waals surface area contributed by atoms with Gasteiger partial charge in [0.05, 0.1) is 0 Å². The van der Waals surface area contributed by atoms with Gasteiger partial charge in [0.1, 0.15) is 0 Å². The highest BCUT2D eigenvalue weighted by molar-refractivity contribution is 5.55. The molecule has 0 heteroatoms. The summed E-state index contributed by atoms with van der Waals surface area (Å²) in [7, 11) is 0. The Morgan fingerprint density at radius 2 is 1.06 bits per heavy atom. The minimum atomic E-state index is 1.05. The zero-order chi connectivity index (χ0) is 23.5. The maximum Gasteiger partial charge on any atom is 0.0311 e. The Morgan fingerprint density at radius 1 is 0.545 bits per heavy atom. The summed E-state index contributed by atoms with van der Waals surface area (Å²) >= 11 is 0. The van der Waals surface area contributed by atoms with E-state index in [1.54, 1.807) is 0 Å². The van der Waals surface area contributed by atoms with Crippen LogP contribution in [0.1, 0.15) is 90.0 Å². The first-order chi connectivity index (χ1) is 16.0. The average molecular weight is 433 g/mol. The third kappa shape index (κ3) is 8.00. The first-order valence-electron chi connectivity index (χ1n) is 12.4. The van der Waals surface area contributed by atoms with Gasteiger partial charge < -0.3 is 0 Å². The van der Waals surface area contributed by atoms with Gasteiger partial charge >= 0.3 is 0 Å². The molecule has 0 heterocycles. The highest BCUT2D eigenvalue weighted by Gasteiger charge is 2.07. The molecule has 0 N–H and O–H groups in total. The van der Waals surface area contributed by atoms with Gasteiger partial charge in [0.2, 0.25) is 0 Å². The van der Waals surface area contributed by atoms with E-state index >= 15 is 0 Å². The fourth-order valence-electron chi connectivity index (χ4n) is 3.96. The molecular formula is C33H36. The molecule has 0 atom stereocenters. The monoisotopic (exact) mass is 432 g/mol. The van der Waals surface area contributed by atoms with Gasteiger partial charge in [-0.05, 0) is 81.1 Å². The smallest absolute Gasteiger partial charge is 0.0311 e. The second-order valence-corrected chi connectivity index (χ2v) is 9.08. The molecule has 0 saturated heterocycles. The van der Waals surface area contributed by atoms with Gasteiger partial charge in [-0.25, -0.2) is 0 Å². The molecule has 0 fully saturated rings. The number of aryl methyl sites for hydroxylation is 4. The first kappa shape index (κ1) is 24.4. The molecule has 0 radical (unpaired) electrons. The Hall–Kier alpha value is -3.22. The van der Waals surface area contributed by atoms with Crippen molar-refractivity contribution in [1.29, 1.82) is 0 Å². The third-order valence-electron chi connectivity index (χ3n) is 6.00. The molecule has 0 amide bonds. The van der Waals surface area contributed by atoms with Gasteiger partial charge in [0.25, 0.3) is 0 Å². The predicted octanol–water partition coefficient (Wildman–Crippen LogP) is 8.31. The maximum absolute atomic E-state index is 3.49. The summed E-state index contributed by atoms with van der Waals surface area (Å²) in [6.07, 6.45) is 8.85. The van der Waals surface area contributed by atoms with Crippen molar-refractivity contribution in [1.82, 2.24) is 0 Å². The zero-order valence-electron chi connectivity index (χ0n) is 20.7. The third-order valence-corrected chi connectivity index (χ3v) is 6.00. The van der Waals surface area contributed by atoms with Crippen LogP contribution in [0, 0.1) is 44.5 Å². The number of benzene rings is 3. The number of hydrogen-bond donors (Lipinski definition) is 0. The lowest BCUT2D eigenvalue weighted by atomic mass is 9.94. The molecule has 0 aliphatic carbocycles. The van der Waals surface area contributed by atoms with E-state index in [2.05, 4.69) is 112 Å². The van der Waals surface area contributed by atoms with Gasteiger partial charge in [0, 0.05) is 22.3 Å². The van der Waals surface area contributed by atoms with Crippen molar-refractivity contribution in [2.75, 3.05) is 0 Å². The lowest BCUT2D eigenvalue weighted by molar-refractivity contribution is 0.607. The summed E-state index contributed by atoms with van der Waals surface area (Å²) in [6, 6.07) is 21.3. The fourth-order valence-corrected chi connectivity index (χ4v) is 3.96. The van der Waals surface area contributed by atoms with Crippen LogP contribution in [0.25, 0.3) is 0 Å². The van der Waals surface area contributed by atoms with Crippen LogP contribution < -0.4 is 0 Å². The van der Waals surface area contributed by atoms with Crippen LogP contribution in [0.5, 0.6) is 0 Å². The van der Waals surface area contributed by atoms with Crippen LogP contribution in [0.2, 0.25) is 0 Å². The summed E-state index contributed by atoms with van der Waals surface area (Å²) in [5.41, 5.74) is 9.43. The second-order valence-electron chi connectivity index (χ2n) is 9.08. The number of rotatable bonds is 7. The Balaban J connectivity index is 1.85. The summed E-state index contributed by atoms with van der Waals surface area (Å²) < 4.78 is 0. The predicted molar refractivity (Wildman–Crippen MR) is 143 cm³/mol. The van der Waals surface area contributed by atoms with E-state index in [1.165, 1.54) is 66.3 Å². The molecule has 0 aliphatic rings. The molecule has 168 valence electrons. The normalized spacial score (nSPS) is 10.2. The Labute approximate surface area is 201 Å². The molecule has 3 aromatic rings. The van der Waals surface area contributed by atoms with E-state index in [4.69, 9.17) is 0 Å². The Bertz CT molecular complexity index is 1150. The van der Waals surface area contributed by atoms with E-state index in [0.717, 1.165) is 23.1 Å². The number of hydrogen-bond acceptors (Lipinski definition) is 0. The molecule has 0 unspecified atom stereocenters. The maximum atomic E-state index is 3.49. The minimum absolute atomic E-state index is 1.05. The first-order valence-corrected chi connectivity index (χ1v) is 12.4. The van der Waals surface area contributed by atoms with Crippen molar-refractivity contribution >= 4 is 0 Å². The minimum Gasteiger partial charge on any atom is -0.0654 e. The molecule has 0 aliphatic heterocycles. The van der Waals surface area contributed by atoms with E-state index < -0.39 is 0 Å². The summed E-state index contributed by atoms with van der Waals surface area (Å²) in [5, 5.41) is 0. The molecule has 0 bridgehead atoms. The van der Waals surface area contributed by atoms with Gasteiger partial charge in [0.15, 0.2) is 0 Å².